The van der Waals surface area contributed by atoms with Gasteiger partial charge < -0.3 is 5.32 Å². The smallest absolute Gasteiger partial charge is 0.223 e. The van der Waals surface area contributed by atoms with Gasteiger partial charge in [0.25, 0.3) is 0 Å². The summed E-state index contributed by atoms with van der Waals surface area (Å²) in [5, 5.41) is 3.10. The van der Waals surface area contributed by atoms with Gasteiger partial charge in [0.05, 0.1) is 0 Å². The van der Waals surface area contributed by atoms with E-state index in [4.69, 9.17) is 0 Å². The fourth-order valence-corrected chi connectivity index (χ4v) is 3.11. The molecule has 22 heavy (non-hydrogen) atoms. The fourth-order valence-electron chi connectivity index (χ4n) is 3.11. The highest BCUT2D eigenvalue weighted by atomic mass is 35.5. The summed E-state index contributed by atoms with van der Waals surface area (Å²) in [6, 6.07) is 11.4. The Morgan fingerprint density at radius 1 is 1.18 bits per heavy atom. The van der Waals surface area contributed by atoms with E-state index in [1.54, 1.807) is 0 Å². The van der Waals surface area contributed by atoms with E-state index >= 15 is 0 Å². The van der Waals surface area contributed by atoms with Crippen LogP contribution in [0.5, 0.6) is 0 Å². The van der Waals surface area contributed by atoms with E-state index in [1.807, 2.05) is 18.2 Å². The van der Waals surface area contributed by atoms with Gasteiger partial charge in [-0.25, -0.2) is 0 Å². The van der Waals surface area contributed by atoms with Crippen LogP contribution in [0.3, 0.4) is 0 Å². The van der Waals surface area contributed by atoms with Gasteiger partial charge in [0.1, 0.15) is 0 Å². The molecule has 0 saturated heterocycles. The zero-order valence-electron chi connectivity index (χ0n) is 14.1. The quantitative estimate of drug-likeness (QED) is 0.833. The lowest BCUT2D eigenvalue weighted by atomic mass is 10.1. The minimum Gasteiger partial charge on any atom is -0.355 e. The van der Waals surface area contributed by atoms with E-state index in [1.165, 1.54) is 5.56 Å². The van der Waals surface area contributed by atoms with Crippen LogP contribution in [-0.4, -0.2) is 36.0 Å². The van der Waals surface area contributed by atoms with Gasteiger partial charge in [-0.2, -0.15) is 0 Å². The topological polar surface area (TPSA) is 32.3 Å². The Labute approximate surface area is 140 Å². The maximum absolute atomic E-state index is 12.2. The molecule has 1 N–H and O–H groups in total. The molecule has 1 fully saturated rings. The van der Waals surface area contributed by atoms with Gasteiger partial charge in [0.2, 0.25) is 5.91 Å². The van der Waals surface area contributed by atoms with Gasteiger partial charge in [-0.15, -0.1) is 12.4 Å². The van der Waals surface area contributed by atoms with Crippen molar-refractivity contribution in [2.75, 3.05) is 13.1 Å². The molecule has 0 heterocycles. The molecule has 3 nitrogen and oxygen atoms in total. The molecule has 0 bridgehead atoms. The van der Waals surface area contributed by atoms with Crippen molar-refractivity contribution in [1.29, 1.82) is 0 Å². The highest BCUT2D eigenvalue weighted by Gasteiger charge is 2.43. The lowest BCUT2D eigenvalue weighted by molar-refractivity contribution is -0.122. The molecule has 1 aromatic rings. The summed E-state index contributed by atoms with van der Waals surface area (Å²) in [6.45, 7) is 10.5. The Morgan fingerprint density at radius 3 is 2.32 bits per heavy atom. The van der Waals surface area contributed by atoms with E-state index < -0.39 is 0 Å². The van der Waals surface area contributed by atoms with Crippen molar-refractivity contribution in [3.63, 3.8) is 0 Å². The number of hydrogen-bond donors (Lipinski definition) is 1. The average molecular weight is 325 g/mol. The molecule has 4 heteroatoms. The molecule has 1 aliphatic rings. The first-order valence-corrected chi connectivity index (χ1v) is 8.09. The molecule has 2 atom stereocenters. The predicted molar refractivity (Wildman–Crippen MR) is 94.5 cm³/mol. The number of nitrogens with one attached hydrogen (secondary N) is 1. The number of carbonyl (C=O) groups excluding carboxylic acids is 1. The summed E-state index contributed by atoms with van der Waals surface area (Å²) < 4.78 is 0. The van der Waals surface area contributed by atoms with Crippen LogP contribution >= 0.6 is 12.4 Å². The Kier molecular flexibility index (Phi) is 7.37. The van der Waals surface area contributed by atoms with Crippen LogP contribution in [0.15, 0.2) is 30.3 Å². The van der Waals surface area contributed by atoms with Crippen molar-refractivity contribution in [3.05, 3.63) is 35.9 Å². The van der Waals surface area contributed by atoms with Crippen molar-refractivity contribution >= 4 is 18.3 Å². The van der Waals surface area contributed by atoms with Crippen molar-refractivity contribution in [1.82, 2.24) is 10.2 Å². The molecule has 1 aromatic carbocycles. The number of hydrogen-bond acceptors (Lipinski definition) is 2. The van der Waals surface area contributed by atoms with Crippen molar-refractivity contribution in [2.24, 2.45) is 5.92 Å². The molecule has 2 rings (SSSR count). The van der Waals surface area contributed by atoms with Crippen LogP contribution in [0, 0.1) is 5.92 Å². The summed E-state index contributed by atoms with van der Waals surface area (Å²) in [5.41, 5.74) is 1.30. The monoisotopic (exact) mass is 324 g/mol. The molecule has 124 valence electrons. The first-order chi connectivity index (χ1) is 10.0. The molecular formula is C18H29ClN2O. The summed E-state index contributed by atoms with van der Waals surface area (Å²) in [7, 11) is 0. The Morgan fingerprint density at radius 2 is 1.77 bits per heavy atom. The van der Waals surface area contributed by atoms with Crippen molar-refractivity contribution in [2.45, 2.75) is 52.1 Å². The molecular weight excluding hydrogens is 296 g/mol. The molecule has 1 saturated carbocycles. The summed E-state index contributed by atoms with van der Waals surface area (Å²) in [4.78, 5) is 14.6. The van der Waals surface area contributed by atoms with Crippen LogP contribution in [0.4, 0.5) is 0 Å². The average Bonchev–Trinajstić information content (AvgIpc) is 3.24. The largest absolute Gasteiger partial charge is 0.355 e. The third kappa shape index (κ3) is 4.99. The van der Waals surface area contributed by atoms with Crippen LogP contribution in [0.25, 0.3) is 0 Å². The van der Waals surface area contributed by atoms with Crippen LogP contribution in [-0.2, 0) is 4.79 Å². The highest BCUT2D eigenvalue weighted by Crippen LogP contribution is 2.47. The summed E-state index contributed by atoms with van der Waals surface area (Å²) in [5.74, 6) is 0.827. The van der Waals surface area contributed by atoms with Gasteiger partial charge in [-0.3, -0.25) is 9.69 Å². The summed E-state index contributed by atoms with van der Waals surface area (Å²) >= 11 is 0. The van der Waals surface area contributed by atoms with Crippen LogP contribution in [0.2, 0.25) is 0 Å². The van der Waals surface area contributed by atoms with Crippen molar-refractivity contribution < 1.29 is 4.79 Å². The normalized spacial score (nSPS) is 20.1. The number of benzene rings is 1. The Balaban J connectivity index is 0.00000242. The standard InChI is InChI=1S/C18H28N2O.ClH/c1-13(2)20(14(3)4)11-10-19-18(21)17-12-16(17)15-8-6-5-7-9-15;/h5-9,13-14,16-17H,10-12H2,1-4H3,(H,19,21);1H/t16-,17+;/m0./s1. The van der Waals surface area contributed by atoms with Gasteiger partial charge in [0.15, 0.2) is 0 Å². The molecule has 1 amide bonds. The van der Waals surface area contributed by atoms with E-state index in [9.17, 15) is 4.79 Å². The van der Waals surface area contributed by atoms with Crippen molar-refractivity contribution in [3.8, 4) is 0 Å². The molecule has 0 unspecified atom stereocenters. The number of amides is 1. The maximum atomic E-state index is 12.2. The molecule has 0 radical (unpaired) electrons. The van der Waals surface area contributed by atoms with E-state index in [0.29, 0.717) is 18.0 Å². The minimum absolute atomic E-state index is 0. The highest BCUT2D eigenvalue weighted by molar-refractivity contribution is 5.85. The van der Waals surface area contributed by atoms with Crippen LogP contribution in [0.1, 0.15) is 45.6 Å². The predicted octanol–water partition coefficient (Wildman–Crippen LogP) is 3.45. The molecule has 0 aliphatic heterocycles. The first kappa shape index (κ1) is 19.0. The second-order valence-electron chi connectivity index (χ2n) is 6.58. The Hall–Kier alpha value is -1.06. The molecule has 0 aromatic heterocycles. The zero-order chi connectivity index (χ0) is 15.4. The number of nitrogens with zero attached hydrogens (tertiary/aromatic N) is 1. The van der Waals surface area contributed by atoms with Crippen LogP contribution < -0.4 is 5.32 Å². The summed E-state index contributed by atoms with van der Waals surface area (Å²) in [6.07, 6.45) is 0.994. The van der Waals surface area contributed by atoms with E-state index in [0.717, 1.165) is 19.5 Å². The number of halogens is 1. The minimum atomic E-state index is 0. The maximum Gasteiger partial charge on any atom is 0.223 e. The van der Waals surface area contributed by atoms with Gasteiger partial charge in [-0.05, 0) is 45.6 Å². The second kappa shape index (κ2) is 8.54. The van der Waals surface area contributed by atoms with Gasteiger partial charge >= 0.3 is 0 Å². The van der Waals surface area contributed by atoms with E-state index in [2.05, 4.69) is 50.0 Å². The SMILES string of the molecule is CC(C)N(CCNC(=O)[C@@H]1C[C@H]1c1ccccc1)C(C)C.Cl. The molecule has 1 aliphatic carbocycles. The lowest BCUT2D eigenvalue weighted by Gasteiger charge is -2.30. The fraction of sp³-hybridized carbons (Fsp3) is 0.611. The second-order valence-corrected chi connectivity index (χ2v) is 6.58. The Bertz CT molecular complexity index is 453. The van der Waals surface area contributed by atoms with Gasteiger partial charge in [0, 0.05) is 31.1 Å². The third-order valence-electron chi connectivity index (χ3n) is 4.35. The molecule has 0 spiro atoms. The third-order valence-corrected chi connectivity index (χ3v) is 4.35. The number of carbonyl (C=O) groups is 1. The first-order valence-electron chi connectivity index (χ1n) is 8.09. The van der Waals surface area contributed by atoms with Gasteiger partial charge in [-0.1, -0.05) is 30.3 Å². The lowest BCUT2D eigenvalue weighted by Crippen LogP contribution is -2.42. The number of rotatable bonds is 7. The zero-order valence-corrected chi connectivity index (χ0v) is 14.9. The van der Waals surface area contributed by atoms with E-state index in [-0.39, 0.29) is 24.2 Å².